The van der Waals surface area contributed by atoms with E-state index in [9.17, 15) is 0 Å². The maximum absolute atomic E-state index is 5.96. The largest absolute Gasteiger partial charge is 0.490 e. The molecule has 0 N–H and O–H groups in total. The summed E-state index contributed by atoms with van der Waals surface area (Å²) in [6.07, 6.45) is 0.160. The van der Waals surface area contributed by atoms with Crippen LogP contribution in [0.25, 0.3) is 0 Å². The van der Waals surface area contributed by atoms with Gasteiger partial charge in [0.1, 0.15) is 5.75 Å². The molecule has 72 valence electrons. The molecule has 0 radical (unpaired) electrons. The van der Waals surface area contributed by atoms with Crippen molar-refractivity contribution < 1.29 is 4.74 Å². The van der Waals surface area contributed by atoms with Crippen LogP contribution >= 0.6 is 50.1 Å². The van der Waals surface area contributed by atoms with Gasteiger partial charge in [0.05, 0.1) is 15.6 Å². The predicted molar refractivity (Wildman–Crippen MR) is 67.6 cm³/mol. The zero-order valence-corrected chi connectivity index (χ0v) is 11.8. The lowest BCUT2D eigenvalue weighted by Gasteiger charge is -2.12. The van der Waals surface area contributed by atoms with Crippen molar-refractivity contribution in [3.05, 3.63) is 25.2 Å². The molecular formula is C9H9BrClIO. The van der Waals surface area contributed by atoms with Crippen LogP contribution in [0.1, 0.15) is 13.8 Å². The Morgan fingerprint density at radius 1 is 1.46 bits per heavy atom. The van der Waals surface area contributed by atoms with Gasteiger partial charge in [-0.2, -0.15) is 0 Å². The van der Waals surface area contributed by atoms with Crippen LogP contribution < -0.4 is 4.74 Å². The van der Waals surface area contributed by atoms with Crippen LogP contribution in [-0.2, 0) is 0 Å². The fourth-order valence-electron chi connectivity index (χ4n) is 0.849. The van der Waals surface area contributed by atoms with Gasteiger partial charge in [0.2, 0.25) is 0 Å². The van der Waals surface area contributed by atoms with Crippen molar-refractivity contribution in [1.29, 1.82) is 0 Å². The van der Waals surface area contributed by atoms with E-state index in [1.807, 2.05) is 26.0 Å². The Morgan fingerprint density at radius 2 is 2.08 bits per heavy atom. The number of rotatable bonds is 2. The second-order valence-electron chi connectivity index (χ2n) is 2.86. The summed E-state index contributed by atoms with van der Waals surface area (Å²) in [5, 5.41) is 0.722. The van der Waals surface area contributed by atoms with Crippen LogP contribution in [0.4, 0.5) is 0 Å². The summed E-state index contributed by atoms with van der Waals surface area (Å²) in [7, 11) is 0. The molecule has 0 saturated heterocycles. The van der Waals surface area contributed by atoms with Crippen molar-refractivity contribution in [1.82, 2.24) is 0 Å². The lowest BCUT2D eigenvalue weighted by molar-refractivity contribution is 0.241. The molecule has 1 nitrogen and oxygen atoms in total. The minimum absolute atomic E-state index is 0.160. The summed E-state index contributed by atoms with van der Waals surface area (Å²) in [5.74, 6) is 0.792. The van der Waals surface area contributed by atoms with Gasteiger partial charge in [-0.15, -0.1) is 0 Å². The van der Waals surface area contributed by atoms with E-state index >= 15 is 0 Å². The molecule has 0 aliphatic rings. The van der Waals surface area contributed by atoms with Crippen LogP contribution in [0.15, 0.2) is 16.6 Å². The van der Waals surface area contributed by atoms with Gasteiger partial charge in [-0.05, 0) is 58.4 Å². The lowest BCUT2D eigenvalue weighted by Crippen LogP contribution is -2.06. The molecule has 1 aromatic carbocycles. The molecule has 0 amide bonds. The highest BCUT2D eigenvalue weighted by Gasteiger charge is 2.07. The summed E-state index contributed by atoms with van der Waals surface area (Å²) >= 11 is 11.6. The second kappa shape index (κ2) is 4.84. The molecule has 1 aromatic rings. The second-order valence-corrected chi connectivity index (χ2v) is 5.29. The first kappa shape index (κ1) is 11.6. The first-order valence-electron chi connectivity index (χ1n) is 3.82. The van der Waals surface area contributed by atoms with Crippen LogP contribution in [-0.4, -0.2) is 6.10 Å². The zero-order valence-electron chi connectivity index (χ0n) is 7.27. The van der Waals surface area contributed by atoms with E-state index in [0.29, 0.717) is 0 Å². The van der Waals surface area contributed by atoms with E-state index in [0.717, 1.165) is 18.8 Å². The Hall–Kier alpha value is 0.520. The fourth-order valence-corrected chi connectivity index (χ4v) is 2.33. The smallest absolute Gasteiger partial charge is 0.135 e. The van der Waals surface area contributed by atoms with Crippen molar-refractivity contribution >= 4 is 50.1 Å². The Morgan fingerprint density at radius 3 is 2.62 bits per heavy atom. The van der Waals surface area contributed by atoms with Gasteiger partial charge in [-0.3, -0.25) is 0 Å². The molecule has 0 aliphatic carbocycles. The van der Waals surface area contributed by atoms with Gasteiger partial charge >= 0.3 is 0 Å². The normalized spacial score (nSPS) is 10.6. The molecule has 0 fully saturated rings. The first-order chi connectivity index (χ1) is 6.00. The zero-order chi connectivity index (χ0) is 10.0. The third kappa shape index (κ3) is 3.29. The monoisotopic (exact) mass is 374 g/mol. The molecule has 0 atom stereocenters. The maximum Gasteiger partial charge on any atom is 0.135 e. The van der Waals surface area contributed by atoms with Crippen LogP contribution in [0.3, 0.4) is 0 Å². The molecule has 0 unspecified atom stereocenters. The van der Waals surface area contributed by atoms with Gasteiger partial charge in [-0.1, -0.05) is 11.6 Å². The highest BCUT2D eigenvalue weighted by Crippen LogP contribution is 2.32. The van der Waals surface area contributed by atoms with Crippen molar-refractivity contribution in [3.8, 4) is 5.75 Å². The number of halogens is 3. The van der Waals surface area contributed by atoms with Gasteiger partial charge in [-0.25, -0.2) is 0 Å². The molecule has 0 saturated carbocycles. The van der Waals surface area contributed by atoms with Crippen LogP contribution in [0.5, 0.6) is 5.75 Å². The molecule has 0 heterocycles. The quantitative estimate of drug-likeness (QED) is 0.547. The van der Waals surface area contributed by atoms with Gasteiger partial charge < -0.3 is 4.74 Å². The summed E-state index contributed by atoms with van der Waals surface area (Å²) in [6.45, 7) is 3.97. The third-order valence-corrected chi connectivity index (χ3v) is 3.48. The lowest BCUT2D eigenvalue weighted by atomic mass is 10.3. The van der Waals surface area contributed by atoms with E-state index < -0.39 is 0 Å². The number of hydrogen-bond acceptors (Lipinski definition) is 1. The van der Waals surface area contributed by atoms with Crippen molar-refractivity contribution in [2.24, 2.45) is 0 Å². The van der Waals surface area contributed by atoms with E-state index in [1.54, 1.807) is 0 Å². The van der Waals surface area contributed by atoms with Gasteiger partial charge in [0, 0.05) is 9.64 Å². The molecule has 0 aliphatic heterocycles. The molecule has 0 aromatic heterocycles. The summed E-state index contributed by atoms with van der Waals surface area (Å²) < 4.78 is 7.50. The highest BCUT2D eigenvalue weighted by molar-refractivity contribution is 14.1. The molecule has 0 bridgehead atoms. The average Bonchev–Trinajstić information content (AvgIpc) is 1.99. The van der Waals surface area contributed by atoms with E-state index in [-0.39, 0.29) is 6.10 Å². The summed E-state index contributed by atoms with van der Waals surface area (Å²) in [4.78, 5) is 0. The highest BCUT2D eigenvalue weighted by atomic mass is 127. The SMILES string of the molecule is CC(C)Oc1cc(Cl)c(I)cc1Br. The predicted octanol–water partition coefficient (Wildman–Crippen LogP) is 4.49. The maximum atomic E-state index is 5.96. The van der Waals surface area contributed by atoms with Crippen molar-refractivity contribution in [3.63, 3.8) is 0 Å². The standard InChI is InChI=1S/C9H9BrClIO/c1-5(2)13-9-4-7(11)8(12)3-6(9)10/h3-5H,1-2H3. The molecule has 13 heavy (non-hydrogen) atoms. The minimum atomic E-state index is 0.160. The van der Waals surface area contributed by atoms with Crippen molar-refractivity contribution in [2.75, 3.05) is 0 Å². The Labute approximate surface area is 105 Å². The summed E-state index contributed by atoms with van der Waals surface area (Å²) in [5.41, 5.74) is 0. The molecule has 4 heteroatoms. The van der Waals surface area contributed by atoms with E-state index in [2.05, 4.69) is 38.5 Å². The van der Waals surface area contributed by atoms with Crippen LogP contribution in [0.2, 0.25) is 5.02 Å². The summed E-state index contributed by atoms with van der Waals surface area (Å²) in [6, 6.07) is 3.77. The Kier molecular flexibility index (Phi) is 4.32. The topological polar surface area (TPSA) is 9.23 Å². The molecular weight excluding hydrogens is 366 g/mol. The Balaban J connectivity index is 3.01. The van der Waals surface area contributed by atoms with Crippen LogP contribution in [0, 0.1) is 3.57 Å². The van der Waals surface area contributed by atoms with E-state index in [4.69, 9.17) is 16.3 Å². The molecule has 1 rings (SSSR count). The average molecular weight is 375 g/mol. The number of hydrogen-bond donors (Lipinski definition) is 0. The Bertz CT molecular complexity index is 315. The fraction of sp³-hybridized carbons (Fsp3) is 0.333. The first-order valence-corrected chi connectivity index (χ1v) is 6.07. The third-order valence-electron chi connectivity index (χ3n) is 1.34. The van der Waals surface area contributed by atoms with Crippen molar-refractivity contribution in [2.45, 2.75) is 20.0 Å². The van der Waals surface area contributed by atoms with Gasteiger partial charge in [0.15, 0.2) is 0 Å². The van der Waals surface area contributed by atoms with Gasteiger partial charge in [0.25, 0.3) is 0 Å². The van der Waals surface area contributed by atoms with E-state index in [1.165, 1.54) is 0 Å². The number of ether oxygens (including phenoxy) is 1. The minimum Gasteiger partial charge on any atom is -0.490 e. The number of benzene rings is 1. The molecule has 0 spiro atoms.